The fraction of sp³-hybridized carbons (Fsp3) is 1.00. The molecule has 0 aliphatic carbocycles. The van der Waals surface area contributed by atoms with E-state index in [-0.39, 0.29) is 5.60 Å². The summed E-state index contributed by atoms with van der Waals surface area (Å²) in [5.41, 5.74) is 0.112. The van der Waals surface area contributed by atoms with Gasteiger partial charge in [0.25, 0.3) is 0 Å². The van der Waals surface area contributed by atoms with Crippen molar-refractivity contribution in [2.24, 2.45) is 0 Å². The molecule has 6 heteroatoms. The molecular formula is C13H23NO3S2. The molecule has 0 bridgehead atoms. The number of hydrogen-bond donors (Lipinski definition) is 1. The van der Waals surface area contributed by atoms with Crippen molar-refractivity contribution in [3.05, 3.63) is 0 Å². The maximum atomic E-state index is 11.4. The summed E-state index contributed by atoms with van der Waals surface area (Å²) in [5.74, 6) is 3.06. The maximum Gasteiger partial charge on any atom is 0.150 e. The van der Waals surface area contributed by atoms with E-state index < -0.39 is 9.84 Å². The van der Waals surface area contributed by atoms with Crippen LogP contribution in [0.2, 0.25) is 0 Å². The molecule has 3 aliphatic heterocycles. The average Bonchev–Trinajstić information content (AvgIpc) is 2.80. The summed E-state index contributed by atoms with van der Waals surface area (Å²) in [5, 5.41) is 3.69. The van der Waals surface area contributed by atoms with Crippen molar-refractivity contribution in [2.45, 2.75) is 49.8 Å². The van der Waals surface area contributed by atoms with E-state index in [1.165, 1.54) is 12.2 Å². The molecule has 4 nitrogen and oxygen atoms in total. The van der Waals surface area contributed by atoms with Crippen LogP contribution in [-0.4, -0.2) is 55.7 Å². The molecule has 0 saturated carbocycles. The van der Waals surface area contributed by atoms with Crippen molar-refractivity contribution in [1.82, 2.24) is 5.32 Å². The van der Waals surface area contributed by atoms with Gasteiger partial charge in [-0.2, -0.15) is 11.8 Å². The Kier molecular flexibility index (Phi) is 4.13. The second kappa shape index (κ2) is 5.54. The molecule has 3 heterocycles. The van der Waals surface area contributed by atoms with Crippen molar-refractivity contribution >= 4 is 21.6 Å². The molecule has 1 N–H and O–H groups in total. The highest BCUT2D eigenvalue weighted by Gasteiger charge is 2.41. The van der Waals surface area contributed by atoms with Crippen molar-refractivity contribution in [2.75, 3.05) is 29.6 Å². The van der Waals surface area contributed by atoms with Crippen LogP contribution in [0.4, 0.5) is 0 Å². The van der Waals surface area contributed by atoms with Crippen molar-refractivity contribution in [3.8, 4) is 0 Å². The Labute approximate surface area is 120 Å². The Bertz CT molecular complexity index is 404. The summed E-state index contributed by atoms with van der Waals surface area (Å²) in [6, 6.07) is 0.899. The Morgan fingerprint density at radius 1 is 1.16 bits per heavy atom. The minimum atomic E-state index is -2.75. The fourth-order valence-corrected chi connectivity index (χ4v) is 6.29. The quantitative estimate of drug-likeness (QED) is 0.831. The summed E-state index contributed by atoms with van der Waals surface area (Å²) in [4.78, 5) is 0. The predicted octanol–water partition coefficient (Wildman–Crippen LogP) is 1.21. The Morgan fingerprint density at radius 2 is 1.95 bits per heavy atom. The largest absolute Gasteiger partial charge is 0.374 e. The van der Waals surface area contributed by atoms with Gasteiger partial charge < -0.3 is 10.1 Å². The monoisotopic (exact) mass is 305 g/mol. The zero-order valence-corrected chi connectivity index (χ0v) is 12.9. The summed E-state index contributed by atoms with van der Waals surface area (Å²) >= 11 is 2.00. The van der Waals surface area contributed by atoms with Gasteiger partial charge in [-0.3, -0.25) is 0 Å². The van der Waals surface area contributed by atoms with Gasteiger partial charge in [-0.15, -0.1) is 0 Å². The molecule has 2 unspecified atom stereocenters. The summed E-state index contributed by atoms with van der Waals surface area (Å²) in [7, 11) is -2.75. The molecular weight excluding hydrogens is 282 g/mol. The first-order valence-corrected chi connectivity index (χ1v) is 10.2. The van der Waals surface area contributed by atoms with Crippen LogP contribution in [0.25, 0.3) is 0 Å². The zero-order valence-electron chi connectivity index (χ0n) is 11.3. The first kappa shape index (κ1) is 14.2. The standard InChI is InChI=1S/C13H23NO3S2/c15-19(16)7-2-11(3-8-19)14-12-1-5-17-13(9-12)4-6-18-10-13/h11-12,14H,1-10H2. The van der Waals surface area contributed by atoms with E-state index >= 15 is 0 Å². The minimum absolute atomic E-state index is 0.112. The third kappa shape index (κ3) is 3.46. The zero-order chi connectivity index (χ0) is 13.3. The molecule has 19 heavy (non-hydrogen) atoms. The number of sulfone groups is 1. The van der Waals surface area contributed by atoms with E-state index in [1.807, 2.05) is 11.8 Å². The van der Waals surface area contributed by atoms with E-state index in [4.69, 9.17) is 4.74 Å². The minimum Gasteiger partial charge on any atom is -0.374 e. The maximum absolute atomic E-state index is 11.4. The predicted molar refractivity (Wildman–Crippen MR) is 78.5 cm³/mol. The van der Waals surface area contributed by atoms with Crippen LogP contribution in [0, 0.1) is 0 Å². The van der Waals surface area contributed by atoms with Crippen LogP contribution in [0.5, 0.6) is 0 Å². The Hall–Kier alpha value is 0.220. The summed E-state index contributed by atoms with van der Waals surface area (Å²) in [6.45, 7) is 0.850. The molecule has 0 aromatic rings. The van der Waals surface area contributed by atoms with Crippen molar-refractivity contribution in [1.29, 1.82) is 0 Å². The molecule has 2 atom stereocenters. The normalized spacial score (nSPS) is 39.7. The third-order valence-electron chi connectivity index (χ3n) is 4.59. The summed E-state index contributed by atoms with van der Waals surface area (Å²) in [6.07, 6.45) is 4.90. The lowest BCUT2D eigenvalue weighted by Gasteiger charge is -2.40. The van der Waals surface area contributed by atoms with Gasteiger partial charge in [0.2, 0.25) is 0 Å². The van der Waals surface area contributed by atoms with Gasteiger partial charge in [-0.1, -0.05) is 0 Å². The van der Waals surface area contributed by atoms with Crippen LogP contribution in [0.1, 0.15) is 32.1 Å². The first-order chi connectivity index (χ1) is 9.07. The summed E-state index contributed by atoms with van der Waals surface area (Å²) < 4.78 is 28.9. The van der Waals surface area contributed by atoms with E-state index in [2.05, 4.69) is 5.32 Å². The third-order valence-corrected chi connectivity index (χ3v) is 7.52. The highest BCUT2D eigenvalue weighted by Crippen LogP contribution is 2.38. The fourth-order valence-electron chi connectivity index (χ4n) is 3.42. The Balaban J connectivity index is 1.52. The topological polar surface area (TPSA) is 55.4 Å². The van der Waals surface area contributed by atoms with Gasteiger partial charge in [-0.25, -0.2) is 8.42 Å². The van der Waals surface area contributed by atoms with Crippen molar-refractivity contribution < 1.29 is 13.2 Å². The average molecular weight is 305 g/mol. The van der Waals surface area contributed by atoms with Crippen LogP contribution >= 0.6 is 11.8 Å². The lowest BCUT2D eigenvalue weighted by Crippen LogP contribution is -2.51. The first-order valence-electron chi connectivity index (χ1n) is 7.25. The highest BCUT2D eigenvalue weighted by molar-refractivity contribution is 7.99. The van der Waals surface area contributed by atoms with Crippen LogP contribution in [-0.2, 0) is 14.6 Å². The number of rotatable bonds is 2. The van der Waals surface area contributed by atoms with Crippen molar-refractivity contribution in [3.63, 3.8) is 0 Å². The second-order valence-corrected chi connectivity index (χ2v) is 9.53. The number of ether oxygens (including phenoxy) is 1. The van der Waals surface area contributed by atoms with Gasteiger partial charge in [0.1, 0.15) is 9.84 Å². The van der Waals surface area contributed by atoms with E-state index in [1.54, 1.807) is 0 Å². The number of nitrogens with one attached hydrogen (secondary N) is 1. The van der Waals surface area contributed by atoms with Gasteiger partial charge in [0.15, 0.2) is 0 Å². The lowest BCUT2D eigenvalue weighted by molar-refractivity contribution is -0.0714. The van der Waals surface area contributed by atoms with Crippen LogP contribution < -0.4 is 5.32 Å². The molecule has 3 aliphatic rings. The SMILES string of the molecule is O=S1(=O)CCC(NC2CCOC3(CCSC3)C2)CC1. The number of hydrogen-bond acceptors (Lipinski definition) is 5. The smallest absolute Gasteiger partial charge is 0.150 e. The lowest BCUT2D eigenvalue weighted by atomic mass is 9.89. The van der Waals surface area contributed by atoms with E-state index in [0.717, 1.165) is 38.0 Å². The molecule has 110 valence electrons. The molecule has 3 saturated heterocycles. The van der Waals surface area contributed by atoms with E-state index in [0.29, 0.717) is 23.6 Å². The molecule has 3 rings (SSSR count). The molecule has 1 spiro atoms. The van der Waals surface area contributed by atoms with Gasteiger partial charge in [0, 0.05) is 24.4 Å². The van der Waals surface area contributed by atoms with Crippen LogP contribution in [0.3, 0.4) is 0 Å². The molecule has 0 radical (unpaired) electrons. The van der Waals surface area contributed by atoms with Crippen LogP contribution in [0.15, 0.2) is 0 Å². The van der Waals surface area contributed by atoms with E-state index in [9.17, 15) is 8.42 Å². The highest BCUT2D eigenvalue weighted by atomic mass is 32.2. The molecule has 3 fully saturated rings. The molecule has 0 aromatic carbocycles. The second-order valence-electron chi connectivity index (χ2n) is 6.12. The van der Waals surface area contributed by atoms with Gasteiger partial charge in [-0.05, 0) is 37.9 Å². The molecule has 0 aromatic heterocycles. The van der Waals surface area contributed by atoms with Gasteiger partial charge in [0.05, 0.1) is 17.1 Å². The van der Waals surface area contributed by atoms with Gasteiger partial charge >= 0.3 is 0 Å². The number of thioether (sulfide) groups is 1. The Morgan fingerprint density at radius 3 is 2.63 bits per heavy atom. The molecule has 0 amide bonds.